The van der Waals surface area contributed by atoms with Crippen molar-refractivity contribution in [1.82, 2.24) is 4.90 Å². The summed E-state index contributed by atoms with van der Waals surface area (Å²) in [7, 11) is 0. The fourth-order valence-corrected chi connectivity index (χ4v) is 2.10. The van der Waals surface area contributed by atoms with Gasteiger partial charge in [0.25, 0.3) is 0 Å². The second-order valence-corrected chi connectivity index (χ2v) is 5.47. The number of nitrogens with zero attached hydrogens (tertiary/aromatic N) is 1. The number of hydrogen-bond acceptors (Lipinski definition) is 1. The quantitative estimate of drug-likeness (QED) is 0.367. The molecule has 0 fully saturated rings. The zero-order chi connectivity index (χ0) is 13.6. The van der Waals surface area contributed by atoms with Crippen molar-refractivity contribution in [2.24, 2.45) is 0 Å². The zero-order valence-electron chi connectivity index (χ0n) is 13.0. The molecular weight excluding hydrogens is 225 g/mol. The minimum absolute atomic E-state index is 0. The predicted octanol–water partition coefficient (Wildman–Crippen LogP) is 4.58. The summed E-state index contributed by atoms with van der Waals surface area (Å²) in [6, 6.07) is 0. The van der Waals surface area contributed by atoms with E-state index in [2.05, 4.69) is 38.7 Å². The van der Waals surface area contributed by atoms with E-state index in [-0.39, 0.29) is 18.9 Å². The van der Waals surface area contributed by atoms with Crippen LogP contribution in [0.2, 0.25) is 0 Å². The van der Waals surface area contributed by atoms with Crippen molar-refractivity contribution in [2.45, 2.75) is 72.1 Å². The van der Waals surface area contributed by atoms with E-state index >= 15 is 0 Å². The molecule has 0 saturated carbocycles. The van der Waals surface area contributed by atoms with Crippen LogP contribution in [0.3, 0.4) is 0 Å². The van der Waals surface area contributed by atoms with Gasteiger partial charge in [0.2, 0.25) is 0 Å². The maximum absolute atomic E-state index is 3.96. The van der Waals surface area contributed by atoms with Crippen LogP contribution < -0.4 is 0 Å². The second kappa shape index (κ2) is 16.4. The fourth-order valence-electron chi connectivity index (χ4n) is 2.10. The van der Waals surface area contributed by atoms with Gasteiger partial charge >= 0.3 is 18.9 Å². The average molecular weight is 260 g/mol. The molecule has 0 aromatic rings. The molecule has 0 bridgehead atoms. The van der Waals surface area contributed by atoms with E-state index in [0.29, 0.717) is 0 Å². The third-order valence-corrected chi connectivity index (χ3v) is 3.35. The second-order valence-electron chi connectivity index (χ2n) is 5.47. The summed E-state index contributed by atoms with van der Waals surface area (Å²) < 4.78 is 0. The van der Waals surface area contributed by atoms with Crippen LogP contribution >= 0.6 is 0 Å². The van der Waals surface area contributed by atoms with E-state index in [1.54, 1.807) is 0 Å². The Bertz CT molecular complexity index is 185. The number of hydrogen-bond donors (Lipinski definition) is 0. The van der Waals surface area contributed by atoms with Crippen molar-refractivity contribution in [2.75, 3.05) is 19.6 Å². The van der Waals surface area contributed by atoms with E-state index in [4.69, 9.17) is 0 Å². The van der Waals surface area contributed by atoms with Gasteiger partial charge in [-0.15, -0.1) is 0 Å². The van der Waals surface area contributed by atoms with E-state index in [1.807, 2.05) is 0 Å². The molecule has 19 heavy (non-hydrogen) atoms. The monoisotopic (exact) mass is 260 g/mol. The first kappa shape index (κ1) is 21.6. The van der Waals surface area contributed by atoms with Crippen LogP contribution in [-0.4, -0.2) is 43.4 Å². The summed E-state index contributed by atoms with van der Waals surface area (Å²) in [6.45, 7) is 14.2. The van der Waals surface area contributed by atoms with Gasteiger partial charge in [0.05, 0.1) is 0 Å². The molecule has 0 aliphatic carbocycles. The summed E-state index contributed by atoms with van der Waals surface area (Å²) in [5.74, 6) is 0. The van der Waals surface area contributed by atoms with Gasteiger partial charge in [0.1, 0.15) is 0 Å². The Balaban J connectivity index is 0. The van der Waals surface area contributed by atoms with Crippen molar-refractivity contribution >= 4 is 18.9 Å². The summed E-state index contributed by atoms with van der Waals surface area (Å²) in [4.78, 5) is 2.60. The zero-order valence-corrected chi connectivity index (χ0v) is 13.0. The molecule has 0 aromatic heterocycles. The molecule has 0 N–H and O–H groups in total. The van der Waals surface area contributed by atoms with Crippen LogP contribution in [0.1, 0.15) is 72.1 Å². The number of allylic oxidation sites excluding steroid dienone is 1. The topological polar surface area (TPSA) is 3.24 Å². The molecule has 2 heteroatoms. The summed E-state index contributed by atoms with van der Waals surface area (Å²) in [5.41, 5.74) is 1.20. The predicted molar refractivity (Wildman–Crippen MR) is 91.0 cm³/mol. The molecule has 0 amide bonds. The van der Waals surface area contributed by atoms with Gasteiger partial charge in [0, 0.05) is 6.54 Å². The molecule has 0 heterocycles. The Morgan fingerprint density at radius 1 is 0.895 bits per heavy atom. The average Bonchev–Trinajstić information content (AvgIpc) is 2.35. The van der Waals surface area contributed by atoms with E-state index in [0.717, 1.165) is 6.54 Å². The molecule has 1 radical (unpaired) electrons. The Hall–Kier alpha value is 0.297. The first-order valence-corrected chi connectivity index (χ1v) is 7.91. The molecule has 0 aliphatic heterocycles. The van der Waals surface area contributed by atoms with Gasteiger partial charge < -0.3 is 0 Å². The molecule has 0 saturated heterocycles. The maximum atomic E-state index is 3.96. The third kappa shape index (κ3) is 16.2. The van der Waals surface area contributed by atoms with Gasteiger partial charge in [-0.25, -0.2) is 0 Å². The van der Waals surface area contributed by atoms with E-state index in [9.17, 15) is 0 Å². The standard InChI is InChI=1S/C17H34N.Li.H/c1-5-7-9-11-14-18(16-13-17(3)4)15-12-10-8-6-2;;/h13H,3,5-12,14-16H2,1-2,4H3;;. The Labute approximate surface area is 134 Å². The molecule has 109 valence electrons. The van der Waals surface area contributed by atoms with E-state index < -0.39 is 0 Å². The molecule has 0 aliphatic rings. The fraction of sp³-hybridized carbons (Fsp3) is 0.824. The van der Waals surface area contributed by atoms with Crippen molar-refractivity contribution in [3.63, 3.8) is 0 Å². The van der Waals surface area contributed by atoms with Gasteiger partial charge in [-0.3, -0.25) is 4.90 Å². The molecule has 0 atom stereocenters. The normalized spacial score (nSPS) is 11.7. The van der Waals surface area contributed by atoms with Gasteiger partial charge in [-0.05, 0) is 39.8 Å². The number of unbranched alkanes of at least 4 members (excludes halogenated alkanes) is 6. The van der Waals surface area contributed by atoms with Crippen LogP contribution in [0.5, 0.6) is 0 Å². The van der Waals surface area contributed by atoms with Crippen molar-refractivity contribution < 1.29 is 0 Å². The number of rotatable bonds is 12. The summed E-state index contributed by atoms with van der Waals surface area (Å²) >= 11 is 0. The van der Waals surface area contributed by atoms with Gasteiger partial charge in [0.15, 0.2) is 0 Å². The SMILES string of the molecule is [CH2]C(C)=CCN(CCCCCC)CCCCCC.[LiH]. The van der Waals surface area contributed by atoms with Crippen molar-refractivity contribution in [3.8, 4) is 0 Å². The minimum atomic E-state index is 0. The summed E-state index contributed by atoms with van der Waals surface area (Å²) in [5, 5.41) is 0. The first-order chi connectivity index (χ1) is 8.70. The van der Waals surface area contributed by atoms with E-state index in [1.165, 1.54) is 70.0 Å². The molecule has 0 spiro atoms. The van der Waals surface area contributed by atoms with Gasteiger partial charge in [-0.1, -0.05) is 64.0 Å². The third-order valence-electron chi connectivity index (χ3n) is 3.35. The molecule has 1 nitrogen and oxygen atoms in total. The summed E-state index contributed by atoms with van der Waals surface area (Å²) in [6.07, 6.45) is 13.2. The molecule has 0 rings (SSSR count). The van der Waals surface area contributed by atoms with Crippen LogP contribution in [-0.2, 0) is 0 Å². The first-order valence-electron chi connectivity index (χ1n) is 7.91. The van der Waals surface area contributed by atoms with Crippen LogP contribution in [0, 0.1) is 6.92 Å². The van der Waals surface area contributed by atoms with Crippen LogP contribution in [0.25, 0.3) is 0 Å². The molecule has 0 aromatic carbocycles. The van der Waals surface area contributed by atoms with Crippen LogP contribution in [0.4, 0.5) is 0 Å². The molecular formula is C17H35LiN. The molecule has 0 unspecified atom stereocenters. The Morgan fingerprint density at radius 3 is 1.74 bits per heavy atom. The van der Waals surface area contributed by atoms with Crippen LogP contribution in [0.15, 0.2) is 11.6 Å². The Morgan fingerprint density at radius 2 is 1.37 bits per heavy atom. The van der Waals surface area contributed by atoms with Gasteiger partial charge in [-0.2, -0.15) is 0 Å². The van der Waals surface area contributed by atoms with Crippen molar-refractivity contribution in [3.05, 3.63) is 18.6 Å². The Kier molecular flexibility index (Phi) is 18.6. The van der Waals surface area contributed by atoms with Crippen molar-refractivity contribution in [1.29, 1.82) is 0 Å².